The number of nitrogens with one attached hydrogen (secondary N) is 3. The van der Waals surface area contributed by atoms with Crippen LogP contribution in [0.4, 0.5) is 5.69 Å². The average Bonchev–Trinajstić information content (AvgIpc) is 3.15. The molecule has 3 aliphatic rings. The van der Waals surface area contributed by atoms with E-state index >= 15 is 0 Å². The Bertz CT molecular complexity index is 1060. The van der Waals surface area contributed by atoms with Gasteiger partial charge >= 0.3 is 0 Å². The standard InChI is InChI=1S/C25H28N4O3/c30-22-9-8-21(24(31)28-22)29-15-18-5-3-4-17(23(18)25(29)32)14-27-20-7-2-1-6-19(20)16-10-12-26-13-11-16/h1-7,16,21,26-27H,8-15H2,(H,28,30,31). The van der Waals surface area contributed by atoms with Crippen LogP contribution < -0.4 is 16.0 Å². The minimum Gasteiger partial charge on any atom is -0.381 e. The van der Waals surface area contributed by atoms with E-state index in [1.165, 1.54) is 5.56 Å². The van der Waals surface area contributed by atoms with Crippen LogP contribution in [0.1, 0.15) is 58.6 Å². The summed E-state index contributed by atoms with van der Waals surface area (Å²) < 4.78 is 0. The first-order valence-corrected chi connectivity index (χ1v) is 11.4. The Labute approximate surface area is 187 Å². The highest BCUT2D eigenvalue weighted by atomic mass is 16.2. The fourth-order valence-corrected chi connectivity index (χ4v) is 5.17. The summed E-state index contributed by atoms with van der Waals surface area (Å²) in [6.45, 7) is 3.02. The van der Waals surface area contributed by atoms with Gasteiger partial charge in [0.1, 0.15) is 6.04 Å². The van der Waals surface area contributed by atoms with Gasteiger partial charge in [-0.25, -0.2) is 0 Å². The lowest BCUT2D eigenvalue weighted by molar-refractivity contribution is -0.136. The highest BCUT2D eigenvalue weighted by Crippen LogP contribution is 2.33. The summed E-state index contributed by atoms with van der Waals surface area (Å²) in [6.07, 6.45) is 2.89. The molecule has 7 heteroatoms. The first-order valence-electron chi connectivity index (χ1n) is 11.4. The van der Waals surface area contributed by atoms with Gasteiger partial charge in [0.05, 0.1) is 0 Å². The summed E-state index contributed by atoms with van der Waals surface area (Å²) in [5.74, 6) is -0.240. The zero-order valence-corrected chi connectivity index (χ0v) is 18.0. The van der Waals surface area contributed by atoms with Crippen molar-refractivity contribution in [2.45, 2.75) is 50.7 Å². The minimum atomic E-state index is -0.589. The molecule has 0 bridgehead atoms. The summed E-state index contributed by atoms with van der Waals surface area (Å²) in [5.41, 5.74) is 5.00. The molecule has 5 rings (SSSR count). The maximum atomic E-state index is 13.3. The van der Waals surface area contributed by atoms with E-state index in [1.54, 1.807) is 4.90 Å². The second kappa shape index (κ2) is 8.74. The maximum Gasteiger partial charge on any atom is 0.255 e. The van der Waals surface area contributed by atoms with Crippen LogP contribution >= 0.6 is 0 Å². The van der Waals surface area contributed by atoms with Crippen LogP contribution in [0.5, 0.6) is 0 Å². The summed E-state index contributed by atoms with van der Waals surface area (Å²) in [7, 11) is 0. The highest BCUT2D eigenvalue weighted by molar-refractivity contribution is 6.06. The van der Waals surface area contributed by atoms with Crippen LogP contribution in [-0.4, -0.2) is 41.8 Å². The Hall–Kier alpha value is -3.19. The molecule has 7 nitrogen and oxygen atoms in total. The minimum absolute atomic E-state index is 0.126. The number of anilines is 1. The number of benzene rings is 2. The van der Waals surface area contributed by atoms with E-state index in [0.717, 1.165) is 42.7 Å². The molecule has 166 valence electrons. The van der Waals surface area contributed by atoms with E-state index in [1.807, 2.05) is 24.3 Å². The zero-order chi connectivity index (χ0) is 22.1. The van der Waals surface area contributed by atoms with Gasteiger partial charge in [0.25, 0.3) is 5.91 Å². The van der Waals surface area contributed by atoms with Crippen molar-refractivity contribution in [2.75, 3.05) is 18.4 Å². The van der Waals surface area contributed by atoms with Crippen LogP contribution in [0.25, 0.3) is 0 Å². The predicted molar refractivity (Wildman–Crippen MR) is 121 cm³/mol. The third kappa shape index (κ3) is 3.88. The van der Waals surface area contributed by atoms with Crippen LogP contribution in [0.2, 0.25) is 0 Å². The van der Waals surface area contributed by atoms with Crippen molar-refractivity contribution in [3.8, 4) is 0 Å². The molecule has 32 heavy (non-hydrogen) atoms. The Kier molecular flexibility index (Phi) is 5.66. The van der Waals surface area contributed by atoms with E-state index in [0.29, 0.717) is 31.0 Å². The number of nitrogens with zero attached hydrogens (tertiary/aromatic N) is 1. The van der Waals surface area contributed by atoms with Crippen molar-refractivity contribution >= 4 is 23.4 Å². The molecule has 2 aromatic carbocycles. The topological polar surface area (TPSA) is 90.5 Å². The number of para-hydroxylation sites is 1. The average molecular weight is 433 g/mol. The summed E-state index contributed by atoms with van der Waals surface area (Å²) >= 11 is 0. The molecule has 0 aliphatic carbocycles. The van der Waals surface area contributed by atoms with Gasteiger partial charge in [0.2, 0.25) is 11.8 Å². The van der Waals surface area contributed by atoms with Crippen LogP contribution in [0, 0.1) is 0 Å². The van der Waals surface area contributed by atoms with Gasteiger partial charge in [-0.2, -0.15) is 0 Å². The third-order valence-corrected chi connectivity index (χ3v) is 6.85. The van der Waals surface area contributed by atoms with E-state index < -0.39 is 6.04 Å². The molecular formula is C25H28N4O3. The van der Waals surface area contributed by atoms with Gasteiger partial charge in [0.15, 0.2) is 0 Å². The molecule has 2 fully saturated rings. The molecule has 1 unspecified atom stereocenters. The molecule has 2 aromatic rings. The SMILES string of the molecule is O=C1CCC(N2Cc3cccc(CNc4ccccc4C4CCNCC4)c3C2=O)C(=O)N1. The largest absolute Gasteiger partial charge is 0.381 e. The number of carbonyl (C=O) groups excluding carboxylic acids is 3. The van der Waals surface area contributed by atoms with Gasteiger partial charge in [0, 0.05) is 30.8 Å². The summed E-state index contributed by atoms with van der Waals surface area (Å²) in [4.78, 5) is 38.7. The van der Waals surface area contributed by atoms with Gasteiger partial charge in [-0.05, 0) is 61.0 Å². The van der Waals surface area contributed by atoms with Gasteiger partial charge in [-0.1, -0.05) is 36.4 Å². The summed E-state index contributed by atoms with van der Waals surface area (Å²) in [6, 6.07) is 13.7. The molecule has 3 aliphatic heterocycles. The van der Waals surface area contributed by atoms with Crippen LogP contribution in [0.15, 0.2) is 42.5 Å². The lowest BCUT2D eigenvalue weighted by Crippen LogP contribution is -2.52. The van der Waals surface area contributed by atoms with E-state index in [4.69, 9.17) is 0 Å². The van der Waals surface area contributed by atoms with Crippen molar-refractivity contribution < 1.29 is 14.4 Å². The normalized spacial score (nSPS) is 21.4. The highest BCUT2D eigenvalue weighted by Gasteiger charge is 2.39. The maximum absolute atomic E-state index is 13.3. The van der Waals surface area contributed by atoms with E-state index in [-0.39, 0.29) is 24.1 Å². The smallest absolute Gasteiger partial charge is 0.255 e. The lowest BCUT2D eigenvalue weighted by atomic mass is 9.89. The van der Waals surface area contributed by atoms with Crippen LogP contribution in [-0.2, 0) is 22.7 Å². The Balaban J connectivity index is 1.34. The van der Waals surface area contributed by atoms with Crippen molar-refractivity contribution in [1.82, 2.24) is 15.5 Å². The third-order valence-electron chi connectivity index (χ3n) is 6.85. The summed E-state index contributed by atoms with van der Waals surface area (Å²) in [5, 5.41) is 9.36. The van der Waals surface area contributed by atoms with Gasteiger partial charge in [-0.3, -0.25) is 19.7 Å². The second-order valence-electron chi connectivity index (χ2n) is 8.82. The number of imide groups is 1. The molecule has 3 N–H and O–H groups in total. The van der Waals surface area contributed by atoms with E-state index in [9.17, 15) is 14.4 Å². The van der Waals surface area contributed by atoms with Gasteiger partial charge in [-0.15, -0.1) is 0 Å². The monoisotopic (exact) mass is 432 g/mol. The molecule has 3 amide bonds. The molecular weight excluding hydrogens is 404 g/mol. The molecule has 3 heterocycles. The molecule has 0 spiro atoms. The number of fused-ring (bicyclic) bond motifs is 1. The zero-order valence-electron chi connectivity index (χ0n) is 18.0. The van der Waals surface area contributed by atoms with Gasteiger partial charge < -0.3 is 15.5 Å². The number of hydrogen-bond acceptors (Lipinski definition) is 5. The molecule has 1 atom stereocenters. The number of carbonyl (C=O) groups is 3. The molecule has 0 radical (unpaired) electrons. The quantitative estimate of drug-likeness (QED) is 0.632. The number of hydrogen-bond donors (Lipinski definition) is 3. The molecule has 0 saturated carbocycles. The molecule has 0 aromatic heterocycles. The van der Waals surface area contributed by atoms with Crippen molar-refractivity contribution in [3.63, 3.8) is 0 Å². The Morgan fingerprint density at radius 3 is 2.59 bits per heavy atom. The van der Waals surface area contributed by atoms with Crippen molar-refractivity contribution in [1.29, 1.82) is 0 Å². The Morgan fingerprint density at radius 2 is 1.78 bits per heavy atom. The number of piperidine rings is 2. The van der Waals surface area contributed by atoms with Crippen LogP contribution in [0.3, 0.4) is 0 Å². The Morgan fingerprint density at radius 1 is 0.969 bits per heavy atom. The van der Waals surface area contributed by atoms with Crippen molar-refractivity contribution in [2.24, 2.45) is 0 Å². The van der Waals surface area contributed by atoms with E-state index in [2.05, 4.69) is 34.1 Å². The number of rotatable bonds is 5. The fourth-order valence-electron chi connectivity index (χ4n) is 5.17. The number of amides is 3. The predicted octanol–water partition coefficient (Wildman–Crippen LogP) is 2.53. The fraction of sp³-hybridized carbons (Fsp3) is 0.400. The first kappa shape index (κ1) is 20.7. The lowest BCUT2D eigenvalue weighted by Gasteiger charge is -2.29. The second-order valence-corrected chi connectivity index (χ2v) is 8.82. The molecule has 2 saturated heterocycles. The van der Waals surface area contributed by atoms with Crippen molar-refractivity contribution in [3.05, 3.63) is 64.7 Å². The first-order chi connectivity index (χ1) is 15.6.